The molecule has 0 spiro atoms. The lowest BCUT2D eigenvalue weighted by Crippen LogP contribution is -2.05. The van der Waals surface area contributed by atoms with Crippen molar-refractivity contribution in [1.29, 1.82) is 0 Å². The van der Waals surface area contributed by atoms with Gasteiger partial charge in [0.25, 0.3) is 0 Å². The number of benzene rings is 2. The Hall–Kier alpha value is -1.92. The lowest BCUT2D eigenvalue weighted by molar-refractivity contribution is 0.789. The molecule has 7 heteroatoms. The molecule has 0 atom stereocenters. The Morgan fingerprint density at radius 3 is 2.81 bits per heavy atom. The van der Waals surface area contributed by atoms with Crippen molar-refractivity contribution in [3.05, 3.63) is 63.9 Å². The number of hydrogen-bond acceptors (Lipinski definition) is 4. The number of nitrogens with one attached hydrogen (secondary N) is 1. The SMILES string of the molecule is Clc1ccc(CNc2ccccc2-n2cnnn2)cc1Br. The number of para-hydroxylation sites is 2. The Kier molecular flexibility index (Phi) is 4.17. The van der Waals surface area contributed by atoms with E-state index in [9.17, 15) is 0 Å². The second-order valence-corrected chi connectivity index (χ2v) is 5.64. The summed E-state index contributed by atoms with van der Waals surface area (Å²) in [4.78, 5) is 0. The maximum Gasteiger partial charge on any atom is 0.143 e. The number of aromatic nitrogens is 4. The minimum Gasteiger partial charge on any atom is -0.379 e. The molecule has 1 aromatic heterocycles. The van der Waals surface area contributed by atoms with Gasteiger partial charge >= 0.3 is 0 Å². The number of halogens is 2. The molecule has 0 aliphatic heterocycles. The first-order valence-corrected chi connectivity index (χ1v) is 7.41. The second kappa shape index (κ2) is 6.24. The van der Waals surface area contributed by atoms with Gasteiger partial charge in [-0.3, -0.25) is 0 Å². The zero-order valence-electron chi connectivity index (χ0n) is 10.9. The summed E-state index contributed by atoms with van der Waals surface area (Å²) in [5.74, 6) is 0. The van der Waals surface area contributed by atoms with E-state index >= 15 is 0 Å². The van der Waals surface area contributed by atoms with Crippen molar-refractivity contribution in [3.8, 4) is 5.69 Å². The van der Waals surface area contributed by atoms with Crippen molar-refractivity contribution in [3.63, 3.8) is 0 Å². The fraction of sp³-hybridized carbons (Fsp3) is 0.0714. The van der Waals surface area contributed by atoms with Gasteiger partial charge < -0.3 is 5.32 Å². The highest BCUT2D eigenvalue weighted by atomic mass is 79.9. The average Bonchev–Trinajstić information content (AvgIpc) is 3.03. The summed E-state index contributed by atoms with van der Waals surface area (Å²) in [6, 6.07) is 13.7. The van der Waals surface area contributed by atoms with E-state index in [0.29, 0.717) is 11.6 Å². The Balaban J connectivity index is 1.81. The molecule has 0 saturated carbocycles. The number of hydrogen-bond donors (Lipinski definition) is 1. The number of rotatable bonds is 4. The Labute approximate surface area is 135 Å². The van der Waals surface area contributed by atoms with E-state index in [1.54, 1.807) is 11.0 Å². The smallest absolute Gasteiger partial charge is 0.143 e. The van der Waals surface area contributed by atoms with Crippen LogP contribution in [0.4, 0.5) is 5.69 Å². The molecule has 3 rings (SSSR count). The molecule has 3 aromatic rings. The minimum absolute atomic E-state index is 0.676. The molecule has 0 aliphatic carbocycles. The van der Waals surface area contributed by atoms with Gasteiger partial charge in [-0.25, -0.2) is 0 Å². The lowest BCUT2D eigenvalue weighted by Gasteiger charge is -2.11. The zero-order chi connectivity index (χ0) is 14.7. The van der Waals surface area contributed by atoms with Gasteiger partial charge in [0.15, 0.2) is 0 Å². The van der Waals surface area contributed by atoms with Crippen molar-refractivity contribution in [2.75, 3.05) is 5.32 Å². The first-order valence-electron chi connectivity index (χ1n) is 6.24. The van der Waals surface area contributed by atoms with Crippen molar-refractivity contribution < 1.29 is 0 Å². The van der Waals surface area contributed by atoms with Crippen LogP contribution in [0.2, 0.25) is 5.02 Å². The van der Waals surface area contributed by atoms with Crippen LogP contribution in [0.15, 0.2) is 53.3 Å². The fourth-order valence-corrected chi connectivity index (χ4v) is 2.49. The van der Waals surface area contributed by atoms with Crippen molar-refractivity contribution in [1.82, 2.24) is 20.2 Å². The van der Waals surface area contributed by atoms with Crippen LogP contribution in [-0.4, -0.2) is 20.2 Å². The largest absolute Gasteiger partial charge is 0.379 e. The molecule has 5 nitrogen and oxygen atoms in total. The summed E-state index contributed by atoms with van der Waals surface area (Å²) >= 11 is 9.43. The van der Waals surface area contributed by atoms with Gasteiger partial charge in [-0.15, -0.1) is 5.10 Å². The van der Waals surface area contributed by atoms with E-state index in [1.807, 2.05) is 42.5 Å². The van der Waals surface area contributed by atoms with Crippen LogP contribution in [0, 0.1) is 0 Å². The van der Waals surface area contributed by atoms with Crippen LogP contribution in [0.5, 0.6) is 0 Å². The highest BCUT2D eigenvalue weighted by Crippen LogP contribution is 2.24. The first kappa shape index (κ1) is 14.0. The predicted molar refractivity (Wildman–Crippen MR) is 85.6 cm³/mol. The molecular weight excluding hydrogens is 354 g/mol. The molecule has 0 amide bonds. The van der Waals surface area contributed by atoms with Crippen LogP contribution in [0.3, 0.4) is 0 Å². The number of tetrazole rings is 1. The fourth-order valence-electron chi connectivity index (χ4n) is 1.94. The van der Waals surface area contributed by atoms with Crippen LogP contribution in [0.25, 0.3) is 5.69 Å². The maximum atomic E-state index is 6.00. The highest BCUT2D eigenvalue weighted by molar-refractivity contribution is 9.10. The summed E-state index contributed by atoms with van der Waals surface area (Å²) in [5.41, 5.74) is 2.98. The molecule has 21 heavy (non-hydrogen) atoms. The van der Waals surface area contributed by atoms with Gasteiger partial charge in [-0.2, -0.15) is 4.68 Å². The Morgan fingerprint density at radius 2 is 2.05 bits per heavy atom. The highest BCUT2D eigenvalue weighted by Gasteiger charge is 2.05. The van der Waals surface area contributed by atoms with Gasteiger partial charge in [0, 0.05) is 11.0 Å². The third-order valence-electron chi connectivity index (χ3n) is 2.97. The van der Waals surface area contributed by atoms with E-state index < -0.39 is 0 Å². The number of nitrogens with zero attached hydrogens (tertiary/aromatic N) is 4. The molecule has 0 bridgehead atoms. The predicted octanol–water partition coefficient (Wildman–Crippen LogP) is 3.69. The zero-order valence-corrected chi connectivity index (χ0v) is 13.2. The number of anilines is 1. The normalized spacial score (nSPS) is 10.6. The average molecular weight is 365 g/mol. The summed E-state index contributed by atoms with van der Waals surface area (Å²) in [5, 5.41) is 15.3. The van der Waals surface area contributed by atoms with E-state index in [2.05, 4.69) is 36.8 Å². The van der Waals surface area contributed by atoms with E-state index in [1.165, 1.54) is 0 Å². The van der Waals surface area contributed by atoms with Crippen molar-refractivity contribution in [2.45, 2.75) is 6.54 Å². The third kappa shape index (κ3) is 3.22. The first-order chi connectivity index (χ1) is 10.2. The van der Waals surface area contributed by atoms with Crippen molar-refractivity contribution >= 4 is 33.2 Å². The molecule has 0 fully saturated rings. The molecule has 0 aliphatic rings. The van der Waals surface area contributed by atoms with Gasteiger partial charge in [0.2, 0.25) is 0 Å². The topological polar surface area (TPSA) is 55.6 Å². The molecule has 0 unspecified atom stereocenters. The summed E-state index contributed by atoms with van der Waals surface area (Å²) in [7, 11) is 0. The molecule has 0 saturated heterocycles. The van der Waals surface area contributed by atoms with Gasteiger partial charge in [0.1, 0.15) is 6.33 Å². The maximum absolute atomic E-state index is 6.00. The van der Waals surface area contributed by atoms with Crippen LogP contribution in [0.1, 0.15) is 5.56 Å². The lowest BCUT2D eigenvalue weighted by atomic mass is 10.2. The molecule has 0 radical (unpaired) electrons. The van der Waals surface area contributed by atoms with Crippen LogP contribution < -0.4 is 5.32 Å². The van der Waals surface area contributed by atoms with Crippen molar-refractivity contribution in [2.24, 2.45) is 0 Å². The Bertz CT molecular complexity index is 745. The minimum atomic E-state index is 0.676. The molecule has 1 heterocycles. The van der Waals surface area contributed by atoms with E-state index in [4.69, 9.17) is 11.6 Å². The quantitative estimate of drug-likeness (QED) is 0.767. The Morgan fingerprint density at radius 1 is 1.19 bits per heavy atom. The summed E-state index contributed by atoms with van der Waals surface area (Å²) in [6.45, 7) is 0.676. The molecular formula is C14H11BrClN5. The van der Waals surface area contributed by atoms with Gasteiger partial charge in [-0.1, -0.05) is 29.8 Å². The van der Waals surface area contributed by atoms with Gasteiger partial charge in [0.05, 0.1) is 16.4 Å². The monoisotopic (exact) mass is 363 g/mol. The van der Waals surface area contributed by atoms with E-state index in [-0.39, 0.29) is 0 Å². The van der Waals surface area contributed by atoms with Crippen LogP contribution in [-0.2, 0) is 6.54 Å². The standard InChI is InChI=1S/C14H11BrClN5/c15-11-7-10(5-6-12(11)16)8-17-13-3-1-2-4-14(13)21-9-18-19-20-21/h1-7,9,17H,8H2. The molecule has 2 aromatic carbocycles. The third-order valence-corrected chi connectivity index (χ3v) is 4.18. The summed E-state index contributed by atoms with van der Waals surface area (Å²) in [6.07, 6.45) is 1.57. The molecule has 106 valence electrons. The van der Waals surface area contributed by atoms with E-state index in [0.717, 1.165) is 21.4 Å². The van der Waals surface area contributed by atoms with Crippen LogP contribution >= 0.6 is 27.5 Å². The molecule has 1 N–H and O–H groups in total. The summed E-state index contributed by atoms with van der Waals surface area (Å²) < 4.78 is 2.51. The second-order valence-electron chi connectivity index (χ2n) is 4.37. The van der Waals surface area contributed by atoms with Gasteiger partial charge in [-0.05, 0) is 56.2 Å².